The molecule has 106 valence electrons. The van der Waals surface area contributed by atoms with Gasteiger partial charge in [-0.25, -0.2) is 9.18 Å². The molecule has 1 saturated heterocycles. The number of hydrogen-bond donors (Lipinski definition) is 3. The Bertz CT molecular complexity index is 530. The molecule has 4 N–H and O–H groups in total. The van der Waals surface area contributed by atoms with Crippen LogP contribution in [0.1, 0.15) is 12.6 Å². The van der Waals surface area contributed by atoms with Crippen molar-refractivity contribution in [1.29, 1.82) is 0 Å². The van der Waals surface area contributed by atoms with E-state index in [0.29, 0.717) is 0 Å². The first-order valence-corrected chi connectivity index (χ1v) is 5.49. The van der Waals surface area contributed by atoms with Gasteiger partial charge in [0.25, 0.3) is 0 Å². The molecule has 0 saturated carbocycles. The molecule has 1 aromatic rings. The van der Waals surface area contributed by atoms with E-state index in [-0.39, 0.29) is 6.42 Å². The zero-order valence-corrected chi connectivity index (χ0v) is 10.1. The second-order valence-corrected chi connectivity index (χ2v) is 4.16. The number of nitrogen functional groups attached to an aromatic ring is 1. The molecule has 0 amide bonds. The minimum Gasteiger partial charge on any atom is -0.391 e. The summed E-state index contributed by atoms with van der Waals surface area (Å²) in [6, 6.07) is 0. The average molecular weight is 275 g/mol. The standard InChI is InChI=1S/C10H14FN3O5/c1-18-10(4-15)6(16)2-7(19-10)14-3-5(11)8(12)13-9(14)17/h3,6-7,15-16H,2,4H2,1H3,(H2,12,13,17)/t6-,7+,10+/m0/s1. The molecule has 0 aromatic carbocycles. The van der Waals surface area contributed by atoms with Crippen molar-refractivity contribution in [3.05, 3.63) is 22.5 Å². The summed E-state index contributed by atoms with van der Waals surface area (Å²) in [6.45, 7) is -0.610. The quantitative estimate of drug-likeness (QED) is 0.619. The molecule has 0 bridgehead atoms. The zero-order chi connectivity index (χ0) is 14.2. The Labute approximate surface area is 107 Å². The Kier molecular flexibility index (Phi) is 3.54. The zero-order valence-electron chi connectivity index (χ0n) is 10.1. The highest BCUT2D eigenvalue weighted by atomic mass is 19.1. The van der Waals surface area contributed by atoms with Crippen molar-refractivity contribution in [1.82, 2.24) is 9.55 Å². The molecule has 0 aliphatic carbocycles. The van der Waals surface area contributed by atoms with Gasteiger partial charge < -0.3 is 25.4 Å². The highest BCUT2D eigenvalue weighted by Crippen LogP contribution is 2.36. The van der Waals surface area contributed by atoms with Gasteiger partial charge in [-0.1, -0.05) is 0 Å². The molecule has 2 heterocycles. The number of halogens is 1. The van der Waals surface area contributed by atoms with Crippen molar-refractivity contribution in [2.45, 2.75) is 24.5 Å². The van der Waals surface area contributed by atoms with Gasteiger partial charge in [-0.05, 0) is 0 Å². The van der Waals surface area contributed by atoms with Gasteiger partial charge in [0, 0.05) is 13.5 Å². The van der Waals surface area contributed by atoms with Gasteiger partial charge >= 0.3 is 5.69 Å². The Morgan fingerprint density at radius 1 is 1.79 bits per heavy atom. The Hall–Kier alpha value is -1.55. The molecule has 0 radical (unpaired) electrons. The number of nitrogens with two attached hydrogens (primary N) is 1. The Balaban J connectivity index is 2.36. The van der Waals surface area contributed by atoms with Gasteiger partial charge in [-0.2, -0.15) is 4.98 Å². The molecule has 2 rings (SSSR count). The summed E-state index contributed by atoms with van der Waals surface area (Å²) < 4.78 is 24.4. The van der Waals surface area contributed by atoms with Crippen LogP contribution in [0, 0.1) is 5.82 Å². The highest BCUT2D eigenvalue weighted by molar-refractivity contribution is 5.26. The van der Waals surface area contributed by atoms with Crippen LogP contribution in [0.15, 0.2) is 11.0 Å². The normalized spacial score (nSPS) is 30.7. The van der Waals surface area contributed by atoms with Crippen molar-refractivity contribution < 1.29 is 24.1 Å². The van der Waals surface area contributed by atoms with Crippen molar-refractivity contribution in [3.63, 3.8) is 0 Å². The number of anilines is 1. The molecule has 0 unspecified atom stereocenters. The highest BCUT2D eigenvalue weighted by Gasteiger charge is 2.49. The summed E-state index contributed by atoms with van der Waals surface area (Å²) in [5, 5.41) is 19.0. The summed E-state index contributed by atoms with van der Waals surface area (Å²) >= 11 is 0. The first kappa shape index (κ1) is 13.9. The molecule has 1 aliphatic heterocycles. The van der Waals surface area contributed by atoms with Crippen LogP contribution >= 0.6 is 0 Å². The number of nitrogens with zero attached hydrogens (tertiary/aromatic N) is 2. The molecule has 9 heteroatoms. The van der Waals surface area contributed by atoms with Crippen LogP contribution in [0.2, 0.25) is 0 Å². The number of aliphatic hydroxyl groups excluding tert-OH is 2. The number of hydrogen-bond acceptors (Lipinski definition) is 7. The monoisotopic (exact) mass is 275 g/mol. The largest absolute Gasteiger partial charge is 0.391 e. The minimum absolute atomic E-state index is 0.0562. The van der Waals surface area contributed by atoms with Crippen LogP contribution in [0.25, 0.3) is 0 Å². The second-order valence-electron chi connectivity index (χ2n) is 4.16. The Morgan fingerprint density at radius 3 is 3.00 bits per heavy atom. The third-order valence-electron chi connectivity index (χ3n) is 3.08. The van der Waals surface area contributed by atoms with Gasteiger partial charge in [-0.3, -0.25) is 4.57 Å². The van der Waals surface area contributed by atoms with Crippen molar-refractivity contribution in [2.75, 3.05) is 19.5 Å². The summed E-state index contributed by atoms with van der Waals surface area (Å²) in [4.78, 5) is 14.9. The minimum atomic E-state index is -1.64. The molecule has 8 nitrogen and oxygen atoms in total. The number of aromatic nitrogens is 2. The lowest BCUT2D eigenvalue weighted by Gasteiger charge is -2.28. The molecule has 1 fully saturated rings. The first-order valence-electron chi connectivity index (χ1n) is 5.49. The fourth-order valence-corrected chi connectivity index (χ4v) is 1.95. The van der Waals surface area contributed by atoms with E-state index in [1.54, 1.807) is 0 Å². The topological polar surface area (TPSA) is 120 Å². The molecule has 19 heavy (non-hydrogen) atoms. The average Bonchev–Trinajstić information content (AvgIpc) is 2.71. The van der Waals surface area contributed by atoms with E-state index in [4.69, 9.17) is 15.2 Å². The van der Waals surface area contributed by atoms with Gasteiger partial charge in [-0.15, -0.1) is 0 Å². The molecule has 1 aliphatic rings. The van der Waals surface area contributed by atoms with Crippen molar-refractivity contribution in [3.8, 4) is 0 Å². The van der Waals surface area contributed by atoms with Crippen LogP contribution in [0.4, 0.5) is 10.2 Å². The lowest BCUT2D eigenvalue weighted by atomic mass is 10.1. The van der Waals surface area contributed by atoms with Crippen LogP contribution in [0.3, 0.4) is 0 Å². The van der Waals surface area contributed by atoms with E-state index < -0.39 is 42.1 Å². The summed E-state index contributed by atoms with van der Waals surface area (Å²) in [7, 11) is 1.24. The third-order valence-corrected chi connectivity index (χ3v) is 3.08. The first-order chi connectivity index (χ1) is 8.93. The van der Waals surface area contributed by atoms with E-state index in [1.165, 1.54) is 7.11 Å². The SMILES string of the molecule is CO[C@]1(CO)O[C@@H](n2cc(F)c(N)nc2=O)C[C@@H]1O. The van der Waals surface area contributed by atoms with Gasteiger partial charge in [0.2, 0.25) is 5.79 Å². The van der Waals surface area contributed by atoms with E-state index in [0.717, 1.165) is 10.8 Å². The maximum atomic E-state index is 13.3. The lowest BCUT2D eigenvalue weighted by Crippen LogP contribution is -2.45. The molecule has 0 spiro atoms. The summed E-state index contributed by atoms with van der Waals surface area (Å²) in [6.07, 6.45) is -1.39. The fraction of sp³-hybridized carbons (Fsp3) is 0.600. The maximum Gasteiger partial charge on any atom is 0.351 e. The molecular weight excluding hydrogens is 261 g/mol. The lowest BCUT2D eigenvalue weighted by molar-refractivity contribution is -0.269. The van der Waals surface area contributed by atoms with E-state index in [1.807, 2.05) is 0 Å². The van der Waals surface area contributed by atoms with Gasteiger partial charge in [0.1, 0.15) is 12.3 Å². The number of aliphatic hydroxyl groups is 2. The van der Waals surface area contributed by atoms with E-state index >= 15 is 0 Å². The Morgan fingerprint density at radius 2 is 2.47 bits per heavy atom. The maximum absolute atomic E-state index is 13.3. The van der Waals surface area contributed by atoms with Crippen molar-refractivity contribution >= 4 is 5.82 Å². The van der Waals surface area contributed by atoms with E-state index in [9.17, 15) is 19.4 Å². The number of methoxy groups -OCH3 is 1. The smallest absolute Gasteiger partial charge is 0.351 e. The van der Waals surface area contributed by atoms with Gasteiger partial charge in [0.05, 0.1) is 12.8 Å². The number of ether oxygens (including phenoxy) is 2. The third kappa shape index (κ3) is 2.21. The predicted molar refractivity (Wildman–Crippen MR) is 60.4 cm³/mol. The van der Waals surface area contributed by atoms with Crippen LogP contribution in [-0.4, -0.2) is 45.4 Å². The van der Waals surface area contributed by atoms with E-state index in [2.05, 4.69) is 4.98 Å². The molecule has 3 atom stereocenters. The van der Waals surface area contributed by atoms with Crippen LogP contribution in [0.5, 0.6) is 0 Å². The molecular formula is C10H14FN3O5. The molecule has 1 aromatic heterocycles. The van der Waals surface area contributed by atoms with Crippen molar-refractivity contribution in [2.24, 2.45) is 0 Å². The van der Waals surface area contributed by atoms with Crippen LogP contribution < -0.4 is 11.4 Å². The number of rotatable bonds is 3. The second kappa shape index (κ2) is 4.85. The summed E-state index contributed by atoms with van der Waals surface area (Å²) in [5.41, 5.74) is 4.35. The van der Waals surface area contributed by atoms with Gasteiger partial charge in [0.15, 0.2) is 11.6 Å². The van der Waals surface area contributed by atoms with Crippen LogP contribution in [-0.2, 0) is 9.47 Å². The fourth-order valence-electron chi connectivity index (χ4n) is 1.95. The summed E-state index contributed by atoms with van der Waals surface area (Å²) in [5.74, 6) is -3.03. The predicted octanol–water partition coefficient (Wildman–Crippen LogP) is -1.42.